The maximum absolute atomic E-state index is 12.0. The van der Waals surface area contributed by atoms with Crippen molar-refractivity contribution in [3.8, 4) is 0 Å². The van der Waals surface area contributed by atoms with Crippen molar-refractivity contribution in [3.63, 3.8) is 0 Å². The number of aryl methyl sites for hydroxylation is 1. The smallest absolute Gasteiger partial charge is 0.254 e. The van der Waals surface area contributed by atoms with Crippen LogP contribution in [0.3, 0.4) is 0 Å². The summed E-state index contributed by atoms with van der Waals surface area (Å²) in [4.78, 5) is 13.9. The number of carbonyl (C=O) groups excluding carboxylic acids is 1. The Morgan fingerprint density at radius 1 is 1.40 bits per heavy atom. The summed E-state index contributed by atoms with van der Waals surface area (Å²) < 4.78 is 0. The highest BCUT2D eigenvalue weighted by Crippen LogP contribution is 2.24. The normalized spacial score (nSPS) is 14.9. The summed E-state index contributed by atoms with van der Waals surface area (Å²) >= 11 is 0. The fraction of sp³-hybridized carbons (Fsp3) is 0.462. The summed E-state index contributed by atoms with van der Waals surface area (Å²) in [6.45, 7) is 7.95. The molecule has 0 unspecified atom stereocenters. The molecule has 0 fully saturated rings. The van der Waals surface area contributed by atoms with E-state index in [1.165, 1.54) is 5.56 Å². The van der Waals surface area contributed by atoms with Crippen LogP contribution in [-0.2, 0) is 6.54 Å². The Hall–Kier alpha value is -1.31. The molecule has 0 atom stereocenters. The van der Waals surface area contributed by atoms with Gasteiger partial charge in [0.25, 0.3) is 5.91 Å². The highest BCUT2D eigenvalue weighted by molar-refractivity contribution is 5.98. The van der Waals surface area contributed by atoms with E-state index in [4.69, 9.17) is 0 Å². The molecule has 1 aromatic rings. The van der Waals surface area contributed by atoms with Gasteiger partial charge in [0.05, 0.1) is 0 Å². The summed E-state index contributed by atoms with van der Waals surface area (Å²) in [6, 6.07) is 6.14. The van der Waals surface area contributed by atoms with E-state index >= 15 is 0 Å². The Morgan fingerprint density at radius 3 is 2.80 bits per heavy atom. The minimum Gasteiger partial charge on any atom is -0.334 e. The Labute approximate surface area is 90.9 Å². The lowest BCUT2D eigenvalue weighted by molar-refractivity contribution is 0.0760. The first-order valence-electron chi connectivity index (χ1n) is 5.46. The van der Waals surface area contributed by atoms with Crippen LogP contribution in [0.25, 0.3) is 0 Å². The van der Waals surface area contributed by atoms with Crippen LogP contribution in [0, 0.1) is 12.8 Å². The van der Waals surface area contributed by atoms with Gasteiger partial charge < -0.3 is 4.90 Å². The average Bonchev–Trinajstić information content (AvgIpc) is 2.44. The third kappa shape index (κ3) is 1.89. The molecule has 0 aromatic heterocycles. The number of benzene rings is 1. The zero-order valence-corrected chi connectivity index (χ0v) is 9.58. The lowest BCUT2D eigenvalue weighted by atomic mass is 10.1. The highest BCUT2D eigenvalue weighted by atomic mass is 16.2. The number of amides is 1. The predicted molar refractivity (Wildman–Crippen MR) is 60.8 cm³/mol. The van der Waals surface area contributed by atoms with E-state index in [0.717, 1.165) is 24.2 Å². The van der Waals surface area contributed by atoms with Crippen molar-refractivity contribution in [2.24, 2.45) is 5.92 Å². The number of rotatable bonds is 2. The van der Waals surface area contributed by atoms with Crippen molar-refractivity contribution in [2.75, 3.05) is 6.54 Å². The summed E-state index contributed by atoms with van der Waals surface area (Å²) in [5.74, 6) is 0.728. The second kappa shape index (κ2) is 3.69. The van der Waals surface area contributed by atoms with E-state index in [0.29, 0.717) is 5.92 Å². The molecule has 1 aromatic carbocycles. The van der Waals surface area contributed by atoms with Crippen molar-refractivity contribution in [3.05, 3.63) is 34.9 Å². The minimum atomic E-state index is 0.197. The topological polar surface area (TPSA) is 20.3 Å². The van der Waals surface area contributed by atoms with Gasteiger partial charge in [-0.25, -0.2) is 0 Å². The van der Waals surface area contributed by atoms with Crippen molar-refractivity contribution in [1.82, 2.24) is 4.90 Å². The second-order valence-corrected chi connectivity index (χ2v) is 4.74. The average molecular weight is 203 g/mol. The van der Waals surface area contributed by atoms with Gasteiger partial charge in [0.2, 0.25) is 0 Å². The molecule has 0 radical (unpaired) electrons. The van der Waals surface area contributed by atoms with Crippen molar-refractivity contribution in [2.45, 2.75) is 27.3 Å². The second-order valence-electron chi connectivity index (χ2n) is 4.74. The fourth-order valence-electron chi connectivity index (χ4n) is 2.06. The lowest BCUT2D eigenvalue weighted by Crippen LogP contribution is -2.27. The van der Waals surface area contributed by atoms with E-state index in [2.05, 4.69) is 26.0 Å². The van der Waals surface area contributed by atoms with Gasteiger partial charge in [-0.3, -0.25) is 4.79 Å². The van der Waals surface area contributed by atoms with Crippen LogP contribution in [0.5, 0.6) is 0 Å². The van der Waals surface area contributed by atoms with Crippen molar-refractivity contribution in [1.29, 1.82) is 0 Å². The zero-order chi connectivity index (χ0) is 11.0. The van der Waals surface area contributed by atoms with Gasteiger partial charge in [0, 0.05) is 18.7 Å². The number of carbonyl (C=O) groups is 1. The van der Waals surface area contributed by atoms with Crippen molar-refractivity contribution < 1.29 is 4.79 Å². The fourth-order valence-corrected chi connectivity index (χ4v) is 2.06. The number of nitrogens with zero attached hydrogens (tertiary/aromatic N) is 1. The molecule has 0 spiro atoms. The first-order chi connectivity index (χ1) is 7.08. The molecule has 1 aliphatic heterocycles. The first-order valence-corrected chi connectivity index (χ1v) is 5.46. The zero-order valence-electron chi connectivity index (χ0n) is 9.58. The molecule has 1 amide bonds. The Bertz CT molecular complexity index is 396. The SMILES string of the molecule is Cc1ccc2c(c1)C(=O)N(CC(C)C)C2. The maximum atomic E-state index is 12.0. The number of hydrogen-bond donors (Lipinski definition) is 0. The molecule has 2 heteroatoms. The monoisotopic (exact) mass is 203 g/mol. The molecule has 15 heavy (non-hydrogen) atoms. The molecule has 0 bridgehead atoms. The Kier molecular flexibility index (Phi) is 2.51. The van der Waals surface area contributed by atoms with Crippen LogP contribution >= 0.6 is 0 Å². The molecule has 1 aliphatic rings. The van der Waals surface area contributed by atoms with Gasteiger partial charge in [-0.15, -0.1) is 0 Å². The van der Waals surface area contributed by atoms with Crippen LogP contribution in [0.2, 0.25) is 0 Å². The predicted octanol–water partition coefficient (Wildman–Crippen LogP) is 2.61. The number of hydrogen-bond acceptors (Lipinski definition) is 1. The maximum Gasteiger partial charge on any atom is 0.254 e. The molecule has 2 rings (SSSR count). The van der Waals surface area contributed by atoms with Crippen molar-refractivity contribution >= 4 is 5.91 Å². The summed E-state index contributed by atoms with van der Waals surface area (Å²) in [6.07, 6.45) is 0. The molecule has 80 valence electrons. The molecule has 2 nitrogen and oxygen atoms in total. The summed E-state index contributed by atoms with van der Waals surface area (Å²) in [7, 11) is 0. The van der Waals surface area contributed by atoms with Crippen LogP contribution in [-0.4, -0.2) is 17.4 Å². The molecule has 0 saturated carbocycles. The molecule has 0 aliphatic carbocycles. The standard InChI is InChI=1S/C13H17NO/c1-9(2)7-14-8-11-5-4-10(3)6-12(11)13(14)15/h4-6,9H,7-8H2,1-3H3. The minimum absolute atomic E-state index is 0.197. The van der Waals surface area contributed by atoms with Crippen LogP contribution in [0.15, 0.2) is 18.2 Å². The van der Waals surface area contributed by atoms with E-state index in [-0.39, 0.29) is 5.91 Å². The highest BCUT2D eigenvalue weighted by Gasteiger charge is 2.27. The van der Waals surface area contributed by atoms with E-state index in [9.17, 15) is 4.79 Å². The molecule has 0 N–H and O–H groups in total. The van der Waals surface area contributed by atoms with Gasteiger partial charge in [0.15, 0.2) is 0 Å². The van der Waals surface area contributed by atoms with Gasteiger partial charge >= 0.3 is 0 Å². The third-order valence-corrected chi connectivity index (χ3v) is 2.73. The van der Waals surface area contributed by atoms with Crippen LogP contribution in [0.1, 0.15) is 35.3 Å². The van der Waals surface area contributed by atoms with Crippen LogP contribution in [0.4, 0.5) is 0 Å². The largest absolute Gasteiger partial charge is 0.334 e. The lowest BCUT2D eigenvalue weighted by Gasteiger charge is -2.17. The Balaban J connectivity index is 2.26. The summed E-state index contributed by atoms with van der Waals surface area (Å²) in [5, 5.41) is 0. The first kappa shape index (κ1) is 10.2. The molecule has 1 heterocycles. The van der Waals surface area contributed by atoms with E-state index < -0.39 is 0 Å². The summed E-state index contributed by atoms with van der Waals surface area (Å²) in [5.41, 5.74) is 3.23. The molecule has 0 saturated heterocycles. The van der Waals surface area contributed by atoms with Gasteiger partial charge in [0.1, 0.15) is 0 Å². The van der Waals surface area contributed by atoms with Crippen LogP contribution < -0.4 is 0 Å². The van der Waals surface area contributed by atoms with Gasteiger partial charge in [-0.1, -0.05) is 31.5 Å². The van der Waals surface area contributed by atoms with E-state index in [1.807, 2.05) is 17.9 Å². The van der Waals surface area contributed by atoms with Gasteiger partial charge in [-0.05, 0) is 24.5 Å². The molecular weight excluding hydrogens is 186 g/mol. The third-order valence-electron chi connectivity index (χ3n) is 2.73. The van der Waals surface area contributed by atoms with Gasteiger partial charge in [-0.2, -0.15) is 0 Å². The molecular formula is C13H17NO. The quantitative estimate of drug-likeness (QED) is 0.723. The Morgan fingerprint density at radius 2 is 2.13 bits per heavy atom. The number of fused-ring (bicyclic) bond motifs is 1. The van der Waals surface area contributed by atoms with E-state index in [1.54, 1.807) is 0 Å².